The van der Waals surface area contributed by atoms with E-state index in [9.17, 15) is 4.79 Å². The SMILES string of the molecule is CCc1noc(C)c1C(=O)Nc1ccc2ccccc2c1. The Hall–Kier alpha value is -2.62. The van der Waals surface area contributed by atoms with Crippen LogP contribution in [-0.4, -0.2) is 11.1 Å². The summed E-state index contributed by atoms with van der Waals surface area (Å²) >= 11 is 0. The van der Waals surface area contributed by atoms with Gasteiger partial charge in [-0.1, -0.05) is 42.4 Å². The Morgan fingerprint density at radius 3 is 2.71 bits per heavy atom. The fourth-order valence-corrected chi connectivity index (χ4v) is 2.41. The smallest absolute Gasteiger partial charge is 0.261 e. The third-order valence-electron chi connectivity index (χ3n) is 3.50. The van der Waals surface area contributed by atoms with Gasteiger partial charge in [0.15, 0.2) is 0 Å². The predicted molar refractivity (Wildman–Crippen MR) is 82.5 cm³/mol. The molecule has 1 heterocycles. The van der Waals surface area contributed by atoms with Crippen molar-refractivity contribution in [3.8, 4) is 0 Å². The van der Waals surface area contributed by atoms with Gasteiger partial charge in [-0.3, -0.25) is 4.79 Å². The maximum absolute atomic E-state index is 12.4. The van der Waals surface area contributed by atoms with Crippen molar-refractivity contribution >= 4 is 22.4 Å². The van der Waals surface area contributed by atoms with Gasteiger partial charge in [-0.2, -0.15) is 0 Å². The summed E-state index contributed by atoms with van der Waals surface area (Å²) in [7, 11) is 0. The van der Waals surface area contributed by atoms with Crippen LogP contribution >= 0.6 is 0 Å². The third kappa shape index (κ3) is 2.52. The predicted octanol–water partition coefficient (Wildman–Crippen LogP) is 3.95. The molecule has 0 saturated carbocycles. The summed E-state index contributed by atoms with van der Waals surface area (Å²) in [6.45, 7) is 3.70. The van der Waals surface area contributed by atoms with Crippen LogP contribution in [0.3, 0.4) is 0 Å². The Balaban J connectivity index is 1.90. The summed E-state index contributed by atoms with van der Waals surface area (Å²) in [6, 6.07) is 13.9. The minimum Gasteiger partial charge on any atom is -0.361 e. The number of amides is 1. The van der Waals surface area contributed by atoms with Crippen LogP contribution < -0.4 is 5.32 Å². The number of aryl methyl sites for hydroxylation is 2. The maximum atomic E-state index is 12.4. The van der Waals surface area contributed by atoms with E-state index < -0.39 is 0 Å². The van der Waals surface area contributed by atoms with Gasteiger partial charge < -0.3 is 9.84 Å². The summed E-state index contributed by atoms with van der Waals surface area (Å²) in [6.07, 6.45) is 0.664. The summed E-state index contributed by atoms with van der Waals surface area (Å²) in [4.78, 5) is 12.4. The quantitative estimate of drug-likeness (QED) is 0.790. The molecule has 1 amide bonds. The first-order valence-electron chi connectivity index (χ1n) is 6.94. The first-order valence-corrected chi connectivity index (χ1v) is 6.94. The van der Waals surface area contributed by atoms with Crippen LogP contribution in [0, 0.1) is 6.92 Å². The minimum atomic E-state index is -0.180. The fraction of sp³-hybridized carbons (Fsp3) is 0.176. The Morgan fingerprint density at radius 2 is 1.95 bits per heavy atom. The van der Waals surface area contributed by atoms with Gasteiger partial charge >= 0.3 is 0 Å². The van der Waals surface area contributed by atoms with Crippen LogP contribution in [0.5, 0.6) is 0 Å². The van der Waals surface area contributed by atoms with Crippen molar-refractivity contribution in [2.24, 2.45) is 0 Å². The summed E-state index contributed by atoms with van der Waals surface area (Å²) in [5, 5.41) is 9.06. The molecule has 1 aromatic heterocycles. The van der Waals surface area contributed by atoms with Gasteiger partial charge in [0, 0.05) is 5.69 Å². The highest BCUT2D eigenvalue weighted by atomic mass is 16.5. The maximum Gasteiger partial charge on any atom is 0.261 e. The standard InChI is InChI=1S/C17H16N2O2/c1-3-15-16(11(2)21-19-15)17(20)18-14-9-8-12-6-4-5-7-13(12)10-14/h4-10H,3H2,1-2H3,(H,18,20). The van der Waals surface area contributed by atoms with Crippen molar-refractivity contribution < 1.29 is 9.32 Å². The first-order chi connectivity index (χ1) is 10.2. The van der Waals surface area contributed by atoms with Crippen LogP contribution in [-0.2, 0) is 6.42 Å². The van der Waals surface area contributed by atoms with Gasteiger partial charge in [-0.25, -0.2) is 0 Å². The van der Waals surface area contributed by atoms with Crippen LogP contribution in [0.15, 0.2) is 47.0 Å². The molecule has 0 aliphatic rings. The number of aromatic nitrogens is 1. The van der Waals surface area contributed by atoms with Gasteiger partial charge in [-0.15, -0.1) is 0 Å². The van der Waals surface area contributed by atoms with Crippen LogP contribution in [0.25, 0.3) is 10.8 Å². The molecule has 0 unspecified atom stereocenters. The van der Waals surface area contributed by atoms with Gasteiger partial charge in [0.25, 0.3) is 5.91 Å². The monoisotopic (exact) mass is 280 g/mol. The van der Waals surface area contributed by atoms with Crippen molar-refractivity contribution in [2.75, 3.05) is 5.32 Å². The van der Waals surface area contributed by atoms with Gasteiger partial charge in [-0.05, 0) is 36.2 Å². The Bertz CT molecular complexity index is 805. The molecule has 4 heteroatoms. The first kappa shape index (κ1) is 13.4. The number of hydrogen-bond donors (Lipinski definition) is 1. The molecule has 0 bridgehead atoms. The summed E-state index contributed by atoms with van der Waals surface area (Å²) < 4.78 is 5.10. The number of nitrogens with zero attached hydrogens (tertiary/aromatic N) is 1. The van der Waals surface area contributed by atoms with Gasteiger partial charge in [0.2, 0.25) is 0 Å². The molecule has 3 aromatic rings. The van der Waals surface area contributed by atoms with Gasteiger partial charge in [0.05, 0.1) is 5.69 Å². The van der Waals surface area contributed by atoms with E-state index >= 15 is 0 Å². The number of carbonyl (C=O) groups is 1. The molecule has 0 radical (unpaired) electrons. The van der Waals surface area contributed by atoms with E-state index in [2.05, 4.69) is 10.5 Å². The number of fused-ring (bicyclic) bond motifs is 1. The van der Waals surface area contributed by atoms with Gasteiger partial charge in [0.1, 0.15) is 11.3 Å². The second kappa shape index (κ2) is 5.40. The highest BCUT2D eigenvalue weighted by molar-refractivity contribution is 6.06. The second-order valence-corrected chi connectivity index (χ2v) is 4.93. The molecule has 21 heavy (non-hydrogen) atoms. The molecule has 0 spiro atoms. The molecule has 0 aliphatic heterocycles. The lowest BCUT2D eigenvalue weighted by Crippen LogP contribution is -2.14. The van der Waals surface area contributed by atoms with Crippen molar-refractivity contribution in [1.29, 1.82) is 0 Å². The van der Waals surface area contributed by atoms with E-state index in [1.165, 1.54) is 0 Å². The van der Waals surface area contributed by atoms with E-state index in [0.717, 1.165) is 16.5 Å². The van der Waals surface area contributed by atoms with E-state index in [4.69, 9.17) is 4.52 Å². The zero-order valence-corrected chi connectivity index (χ0v) is 12.0. The number of carbonyl (C=O) groups excluding carboxylic acids is 1. The molecule has 0 atom stereocenters. The zero-order valence-electron chi connectivity index (χ0n) is 12.0. The highest BCUT2D eigenvalue weighted by Gasteiger charge is 2.19. The van der Waals surface area contributed by atoms with Crippen LogP contribution in [0.1, 0.15) is 28.7 Å². The lowest BCUT2D eigenvalue weighted by atomic mass is 10.1. The van der Waals surface area contributed by atoms with E-state index in [-0.39, 0.29) is 5.91 Å². The second-order valence-electron chi connectivity index (χ2n) is 4.93. The summed E-state index contributed by atoms with van der Waals surface area (Å²) in [5.74, 6) is 0.367. The molecular formula is C17H16N2O2. The molecule has 4 nitrogen and oxygen atoms in total. The number of hydrogen-bond acceptors (Lipinski definition) is 3. The zero-order chi connectivity index (χ0) is 14.8. The molecule has 0 saturated heterocycles. The van der Waals surface area contributed by atoms with Crippen molar-refractivity contribution in [3.63, 3.8) is 0 Å². The third-order valence-corrected chi connectivity index (χ3v) is 3.50. The minimum absolute atomic E-state index is 0.180. The molecule has 106 valence electrons. The molecule has 0 fully saturated rings. The van der Waals surface area contributed by atoms with Crippen molar-refractivity contribution in [3.05, 3.63) is 59.5 Å². The van der Waals surface area contributed by atoms with Crippen molar-refractivity contribution in [2.45, 2.75) is 20.3 Å². The average molecular weight is 280 g/mol. The normalized spacial score (nSPS) is 10.8. The van der Waals surface area contributed by atoms with E-state index in [1.807, 2.05) is 49.4 Å². The van der Waals surface area contributed by atoms with Crippen LogP contribution in [0.2, 0.25) is 0 Å². The largest absolute Gasteiger partial charge is 0.361 e. The molecule has 3 rings (SSSR count). The lowest BCUT2D eigenvalue weighted by molar-refractivity contribution is 0.102. The number of nitrogens with one attached hydrogen (secondary N) is 1. The van der Waals surface area contributed by atoms with E-state index in [0.29, 0.717) is 23.4 Å². The summed E-state index contributed by atoms with van der Waals surface area (Å²) in [5.41, 5.74) is 1.98. The Morgan fingerprint density at radius 1 is 1.19 bits per heavy atom. The number of benzene rings is 2. The molecule has 1 N–H and O–H groups in total. The highest BCUT2D eigenvalue weighted by Crippen LogP contribution is 2.21. The van der Waals surface area contributed by atoms with E-state index in [1.54, 1.807) is 6.92 Å². The number of rotatable bonds is 3. The van der Waals surface area contributed by atoms with Crippen LogP contribution in [0.4, 0.5) is 5.69 Å². The topological polar surface area (TPSA) is 55.1 Å². The molecule has 0 aliphatic carbocycles. The fourth-order valence-electron chi connectivity index (χ4n) is 2.41. The lowest BCUT2D eigenvalue weighted by Gasteiger charge is -2.06. The number of anilines is 1. The molecular weight excluding hydrogens is 264 g/mol. The van der Waals surface area contributed by atoms with Crippen molar-refractivity contribution in [1.82, 2.24) is 5.16 Å². The average Bonchev–Trinajstić information content (AvgIpc) is 2.88. The Labute approximate surface area is 122 Å². The molecule has 2 aromatic carbocycles. The Kier molecular flexibility index (Phi) is 3.44.